The maximum atomic E-state index is 11.1. The SMILES string of the molecule is COC(=O)Oc1cccc(/C=C\c2cccc(OC(=O)OC)c2)c1. The van der Waals surface area contributed by atoms with Gasteiger partial charge in [-0.3, -0.25) is 0 Å². The summed E-state index contributed by atoms with van der Waals surface area (Å²) in [7, 11) is 2.49. The van der Waals surface area contributed by atoms with Crippen LogP contribution in [-0.4, -0.2) is 26.5 Å². The number of benzene rings is 2. The zero-order valence-corrected chi connectivity index (χ0v) is 13.2. The van der Waals surface area contributed by atoms with Gasteiger partial charge in [0.2, 0.25) is 0 Å². The summed E-state index contributed by atoms with van der Waals surface area (Å²) in [5.74, 6) is 0.763. The van der Waals surface area contributed by atoms with Crippen molar-refractivity contribution in [1.29, 1.82) is 0 Å². The van der Waals surface area contributed by atoms with Crippen molar-refractivity contribution in [2.45, 2.75) is 0 Å². The van der Waals surface area contributed by atoms with Crippen LogP contribution in [0.3, 0.4) is 0 Å². The zero-order valence-electron chi connectivity index (χ0n) is 13.2. The third-order valence-electron chi connectivity index (χ3n) is 2.92. The highest BCUT2D eigenvalue weighted by Crippen LogP contribution is 2.19. The molecule has 0 N–H and O–H groups in total. The third kappa shape index (κ3) is 5.17. The number of ether oxygens (including phenoxy) is 4. The van der Waals surface area contributed by atoms with E-state index in [0.29, 0.717) is 11.5 Å². The summed E-state index contributed by atoms with van der Waals surface area (Å²) in [5, 5.41) is 0. The Morgan fingerprint density at radius 3 is 1.54 bits per heavy atom. The van der Waals surface area contributed by atoms with Crippen molar-refractivity contribution in [1.82, 2.24) is 0 Å². The minimum absolute atomic E-state index is 0.381. The molecule has 0 fully saturated rings. The van der Waals surface area contributed by atoms with Gasteiger partial charge in [0.05, 0.1) is 14.2 Å². The van der Waals surface area contributed by atoms with Crippen LogP contribution in [0.25, 0.3) is 12.2 Å². The molecule has 6 nitrogen and oxygen atoms in total. The Morgan fingerprint density at radius 1 is 0.750 bits per heavy atom. The quantitative estimate of drug-likeness (QED) is 0.477. The topological polar surface area (TPSA) is 71.1 Å². The molecule has 0 aliphatic carbocycles. The van der Waals surface area contributed by atoms with E-state index in [2.05, 4.69) is 9.47 Å². The molecule has 0 aliphatic heterocycles. The Balaban J connectivity index is 2.10. The van der Waals surface area contributed by atoms with Gasteiger partial charge in [0.15, 0.2) is 0 Å². The van der Waals surface area contributed by atoms with Gasteiger partial charge in [0.25, 0.3) is 0 Å². The van der Waals surface area contributed by atoms with E-state index in [1.165, 1.54) is 14.2 Å². The highest BCUT2D eigenvalue weighted by Gasteiger charge is 2.04. The summed E-state index contributed by atoms with van der Waals surface area (Å²) >= 11 is 0. The summed E-state index contributed by atoms with van der Waals surface area (Å²) in [6, 6.07) is 13.9. The number of hydrogen-bond donors (Lipinski definition) is 0. The number of carbonyl (C=O) groups is 2. The second kappa shape index (κ2) is 8.38. The van der Waals surface area contributed by atoms with Crippen LogP contribution in [0.4, 0.5) is 9.59 Å². The molecule has 0 aliphatic rings. The van der Waals surface area contributed by atoms with Gasteiger partial charge in [-0.2, -0.15) is 0 Å². The molecular formula is C18H16O6. The van der Waals surface area contributed by atoms with E-state index in [1.807, 2.05) is 24.3 Å². The van der Waals surface area contributed by atoms with Crippen LogP contribution in [0, 0.1) is 0 Å². The Morgan fingerprint density at radius 2 is 1.17 bits per heavy atom. The smallest absolute Gasteiger partial charge is 0.437 e. The van der Waals surface area contributed by atoms with Gasteiger partial charge in [0, 0.05) is 0 Å². The molecule has 0 atom stereocenters. The summed E-state index contributed by atoms with van der Waals surface area (Å²) < 4.78 is 18.8. The van der Waals surface area contributed by atoms with Gasteiger partial charge in [-0.15, -0.1) is 0 Å². The van der Waals surface area contributed by atoms with Gasteiger partial charge in [-0.1, -0.05) is 36.4 Å². The molecule has 0 spiro atoms. The van der Waals surface area contributed by atoms with Crippen LogP contribution in [0.15, 0.2) is 48.5 Å². The minimum atomic E-state index is -0.774. The van der Waals surface area contributed by atoms with Gasteiger partial charge < -0.3 is 18.9 Å². The molecule has 0 saturated carbocycles. The van der Waals surface area contributed by atoms with Crippen LogP contribution in [0.5, 0.6) is 11.5 Å². The molecule has 6 heteroatoms. The van der Waals surface area contributed by atoms with E-state index in [9.17, 15) is 9.59 Å². The maximum absolute atomic E-state index is 11.1. The van der Waals surface area contributed by atoms with E-state index < -0.39 is 12.3 Å². The van der Waals surface area contributed by atoms with E-state index in [0.717, 1.165) is 11.1 Å². The predicted octanol–water partition coefficient (Wildman–Crippen LogP) is 4.15. The highest BCUT2D eigenvalue weighted by molar-refractivity contribution is 5.72. The van der Waals surface area contributed by atoms with E-state index in [1.54, 1.807) is 36.4 Å². The summed E-state index contributed by atoms with van der Waals surface area (Å²) in [5.41, 5.74) is 1.66. The molecule has 2 aromatic rings. The van der Waals surface area contributed by atoms with Crippen LogP contribution >= 0.6 is 0 Å². The van der Waals surface area contributed by atoms with Gasteiger partial charge in [-0.25, -0.2) is 9.59 Å². The maximum Gasteiger partial charge on any atom is 0.513 e. The molecule has 2 aromatic carbocycles. The van der Waals surface area contributed by atoms with Crippen molar-refractivity contribution in [3.63, 3.8) is 0 Å². The Bertz CT molecular complexity index is 687. The third-order valence-corrected chi connectivity index (χ3v) is 2.92. The Kier molecular flexibility index (Phi) is 5.96. The molecule has 0 radical (unpaired) electrons. The number of methoxy groups -OCH3 is 2. The highest BCUT2D eigenvalue weighted by atomic mass is 16.7. The van der Waals surface area contributed by atoms with Crippen molar-refractivity contribution in [2.24, 2.45) is 0 Å². The van der Waals surface area contributed by atoms with Crippen molar-refractivity contribution in [3.05, 3.63) is 59.7 Å². The summed E-state index contributed by atoms with van der Waals surface area (Å²) in [4.78, 5) is 22.2. The molecule has 2 rings (SSSR count). The minimum Gasteiger partial charge on any atom is -0.437 e. The summed E-state index contributed by atoms with van der Waals surface area (Å²) in [6.07, 6.45) is 2.12. The largest absolute Gasteiger partial charge is 0.513 e. The van der Waals surface area contributed by atoms with Crippen molar-refractivity contribution in [2.75, 3.05) is 14.2 Å². The average molecular weight is 328 g/mol. The molecule has 0 unspecified atom stereocenters. The lowest BCUT2D eigenvalue weighted by atomic mass is 10.1. The normalized spacial score (nSPS) is 10.2. The fraction of sp³-hybridized carbons (Fsp3) is 0.111. The molecular weight excluding hydrogens is 312 g/mol. The molecule has 0 amide bonds. The van der Waals surface area contributed by atoms with Crippen LogP contribution < -0.4 is 9.47 Å². The fourth-order valence-electron chi connectivity index (χ4n) is 1.83. The number of rotatable bonds is 4. The van der Waals surface area contributed by atoms with E-state index >= 15 is 0 Å². The molecule has 0 aromatic heterocycles. The lowest BCUT2D eigenvalue weighted by Crippen LogP contribution is -2.07. The summed E-state index contributed by atoms with van der Waals surface area (Å²) in [6.45, 7) is 0. The van der Waals surface area contributed by atoms with Crippen LogP contribution in [0.1, 0.15) is 11.1 Å². The van der Waals surface area contributed by atoms with Crippen molar-refractivity contribution >= 4 is 24.5 Å². The average Bonchev–Trinajstić information content (AvgIpc) is 2.60. The first-order valence-corrected chi connectivity index (χ1v) is 7.00. The van der Waals surface area contributed by atoms with Crippen LogP contribution in [-0.2, 0) is 9.47 Å². The predicted molar refractivity (Wildman–Crippen MR) is 87.9 cm³/mol. The number of hydrogen-bond acceptors (Lipinski definition) is 6. The lowest BCUT2D eigenvalue weighted by molar-refractivity contribution is 0.120. The first-order valence-electron chi connectivity index (χ1n) is 7.00. The Labute approximate surface area is 139 Å². The first kappa shape index (κ1) is 17.1. The molecule has 0 bridgehead atoms. The number of carbonyl (C=O) groups excluding carboxylic acids is 2. The van der Waals surface area contributed by atoms with Gasteiger partial charge in [-0.05, 0) is 35.4 Å². The molecule has 0 heterocycles. The van der Waals surface area contributed by atoms with E-state index in [4.69, 9.17) is 9.47 Å². The van der Waals surface area contributed by atoms with Gasteiger partial charge in [0.1, 0.15) is 11.5 Å². The molecule has 24 heavy (non-hydrogen) atoms. The zero-order chi connectivity index (χ0) is 17.4. The fourth-order valence-corrected chi connectivity index (χ4v) is 1.83. The van der Waals surface area contributed by atoms with Gasteiger partial charge >= 0.3 is 12.3 Å². The second-order valence-corrected chi connectivity index (χ2v) is 4.59. The first-order chi connectivity index (χ1) is 11.6. The van der Waals surface area contributed by atoms with Crippen molar-refractivity contribution in [3.8, 4) is 11.5 Å². The Hall–Kier alpha value is -3.28. The molecule has 124 valence electrons. The van der Waals surface area contributed by atoms with Crippen molar-refractivity contribution < 1.29 is 28.5 Å². The standard InChI is InChI=1S/C18H16O6/c1-21-17(19)23-15-7-3-5-13(11-15)9-10-14-6-4-8-16(12-14)24-18(20)22-2/h3-12H,1-2H3/b10-9-. The monoisotopic (exact) mass is 328 g/mol. The molecule has 0 saturated heterocycles. The second-order valence-electron chi connectivity index (χ2n) is 4.59. The van der Waals surface area contributed by atoms with Crippen LogP contribution in [0.2, 0.25) is 0 Å². The lowest BCUT2D eigenvalue weighted by Gasteiger charge is -2.04. The van der Waals surface area contributed by atoms with E-state index in [-0.39, 0.29) is 0 Å².